The van der Waals surface area contributed by atoms with Crippen molar-refractivity contribution in [3.8, 4) is 6.07 Å². The standard InChI is InChI=1S/C10H17N3O2/c1-3-4-13-10(15)9(5-11)7-12-6-8(2)14/h7-8,12,14H,3-4,6H2,1-2H3,(H,13,15)/b9-7-. The van der Waals surface area contributed by atoms with E-state index in [2.05, 4.69) is 10.6 Å². The van der Waals surface area contributed by atoms with E-state index in [0.717, 1.165) is 6.42 Å². The molecule has 1 unspecified atom stereocenters. The highest BCUT2D eigenvalue weighted by molar-refractivity contribution is 5.97. The van der Waals surface area contributed by atoms with E-state index < -0.39 is 12.0 Å². The lowest BCUT2D eigenvalue weighted by molar-refractivity contribution is -0.117. The van der Waals surface area contributed by atoms with Crippen LogP contribution < -0.4 is 10.6 Å². The maximum atomic E-state index is 11.3. The van der Waals surface area contributed by atoms with Crippen LogP contribution in [0.1, 0.15) is 20.3 Å². The molecule has 0 spiro atoms. The quantitative estimate of drug-likeness (QED) is 0.423. The molecule has 1 amide bonds. The fourth-order valence-corrected chi connectivity index (χ4v) is 0.814. The van der Waals surface area contributed by atoms with E-state index in [0.29, 0.717) is 13.1 Å². The van der Waals surface area contributed by atoms with Crippen molar-refractivity contribution in [1.82, 2.24) is 10.6 Å². The highest BCUT2D eigenvalue weighted by atomic mass is 16.3. The van der Waals surface area contributed by atoms with Gasteiger partial charge in [0.05, 0.1) is 6.10 Å². The second-order valence-corrected chi connectivity index (χ2v) is 3.18. The SMILES string of the molecule is CCCNC(=O)/C(C#N)=C\NCC(C)O. The summed E-state index contributed by atoms with van der Waals surface area (Å²) in [5, 5.41) is 22.9. The highest BCUT2D eigenvalue weighted by Gasteiger charge is 2.06. The van der Waals surface area contributed by atoms with Gasteiger partial charge in [-0.2, -0.15) is 5.26 Å². The molecule has 1 atom stereocenters. The van der Waals surface area contributed by atoms with Crippen LogP contribution in [0.2, 0.25) is 0 Å². The van der Waals surface area contributed by atoms with Gasteiger partial charge in [0.15, 0.2) is 0 Å². The molecular weight excluding hydrogens is 194 g/mol. The first kappa shape index (κ1) is 13.5. The zero-order chi connectivity index (χ0) is 11.7. The average Bonchev–Trinajstić information content (AvgIpc) is 2.20. The van der Waals surface area contributed by atoms with Crippen molar-refractivity contribution < 1.29 is 9.90 Å². The topological polar surface area (TPSA) is 85.2 Å². The number of aliphatic hydroxyl groups is 1. The molecule has 0 heterocycles. The molecule has 0 fully saturated rings. The third kappa shape index (κ3) is 6.52. The predicted molar refractivity (Wildman–Crippen MR) is 56.7 cm³/mol. The lowest BCUT2D eigenvalue weighted by Crippen LogP contribution is -2.27. The van der Waals surface area contributed by atoms with Gasteiger partial charge in [-0.15, -0.1) is 0 Å². The largest absolute Gasteiger partial charge is 0.392 e. The summed E-state index contributed by atoms with van der Waals surface area (Å²) in [6, 6.07) is 1.79. The van der Waals surface area contributed by atoms with Crippen molar-refractivity contribution in [1.29, 1.82) is 5.26 Å². The third-order valence-electron chi connectivity index (χ3n) is 1.56. The predicted octanol–water partition coefficient (Wildman–Crippen LogP) is -0.110. The Morgan fingerprint density at radius 1 is 1.67 bits per heavy atom. The van der Waals surface area contributed by atoms with E-state index >= 15 is 0 Å². The minimum atomic E-state index is -0.514. The van der Waals surface area contributed by atoms with Crippen LogP contribution >= 0.6 is 0 Å². The lowest BCUT2D eigenvalue weighted by atomic mass is 10.3. The van der Waals surface area contributed by atoms with Crippen LogP contribution in [-0.2, 0) is 4.79 Å². The normalized spacial score (nSPS) is 12.8. The molecule has 0 saturated heterocycles. The van der Waals surface area contributed by atoms with Crippen molar-refractivity contribution in [3.63, 3.8) is 0 Å². The Labute approximate surface area is 89.8 Å². The smallest absolute Gasteiger partial charge is 0.263 e. The number of amides is 1. The van der Waals surface area contributed by atoms with Gasteiger partial charge < -0.3 is 15.7 Å². The van der Waals surface area contributed by atoms with E-state index in [9.17, 15) is 4.79 Å². The average molecular weight is 211 g/mol. The molecule has 3 N–H and O–H groups in total. The maximum Gasteiger partial charge on any atom is 0.263 e. The summed E-state index contributed by atoms with van der Waals surface area (Å²) in [6.07, 6.45) is 1.63. The van der Waals surface area contributed by atoms with Gasteiger partial charge in [0, 0.05) is 19.3 Å². The zero-order valence-corrected chi connectivity index (χ0v) is 9.08. The second-order valence-electron chi connectivity index (χ2n) is 3.18. The number of aliphatic hydroxyl groups excluding tert-OH is 1. The van der Waals surface area contributed by atoms with Crippen LogP contribution in [0.25, 0.3) is 0 Å². The molecule has 0 aliphatic rings. The van der Waals surface area contributed by atoms with Gasteiger partial charge in [-0.3, -0.25) is 4.79 Å². The van der Waals surface area contributed by atoms with Gasteiger partial charge in [0.2, 0.25) is 0 Å². The molecular formula is C10H17N3O2. The van der Waals surface area contributed by atoms with Crippen LogP contribution in [0.4, 0.5) is 0 Å². The molecule has 15 heavy (non-hydrogen) atoms. The first-order valence-corrected chi connectivity index (χ1v) is 4.91. The molecule has 0 aliphatic carbocycles. The van der Waals surface area contributed by atoms with Gasteiger partial charge in [-0.05, 0) is 13.3 Å². The number of carbonyl (C=O) groups is 1. The van der Waals surface area contributed by atoms with Gasteiger partial charge in [0.25, 0.3) is 5.91 Å². The molecule has 0 aliphatic heterocycles. The molecule has 0 rings (SSSR count). The summed E-state index contributed by atoms with van der Waals surface area (Å²) in [7, 11) is 0. The molecule has 5 nitrogen and oxygen atoms in total. The van der Waals surface area contributed by atoms with E-state index in [1.165, 1.54) is 6.20 Å². The van der Waals surface area contributed by atoms with E-state index in [1.54, 1.807) is 13.0 Å². The Morgan fingerprint density at radius 3 is 2.80 bits per heavy atom. The lowest BCUT2D eigenvalue weighted by Gasteiger charge is -2.05. The van der Waals surface area contributed by atoms with Crippen molar-refractivity contribution in [2.45, 2.75) is 26.4 Å². The van der Waals surface area contributed by atoms with Crippen LogP contribution in [0.15, 0.2) is 11.8 Å². The number of nitrogens with zero attached hydrogens (tertiary/aromatic N) is 1. The number of hydrogen-bond donors (Lipinski definition) is 3. The highest BCUT2D eigenvalue weighted by Crippen LogP contribution is 1.90. The molecule has 5 heteroatoms. The van der Waals surface area contributed by atoms with Gasteiger partial charge in [-0.25, -0.2) is 0 Å². The van der Waals surface area contributed by atoms with Gasteiger partial charge in [-0.1, -0.05) is 6.92 Å². The molecule has 84 valence electrons. The van der Waals surface area contributed by atoms with E-state index in [-0.39, 0.29) is 5.57 Å². The summed E-state index contributed by atoms with van der Waals surface area (Å²) < 4.78 is 0. The Balaban J connectivity index is 4.11. The minimum Gasteiger partial charge on any atom is -0.392 e. The molecule has 0 aromatic heterocycles. The van der Waals surface area contributed by atoms with Crippen LogP contribution in [0.5, 0.6) is 0 Å². The zero-order valence-electron chi connectivity index (χ0n) is 9.08. The summed E-state index contributed by atoms with van der Waals surface area (Å²) in [5.74, 6) is -0.391. The van der Waals surface area contributed by atoms with E-state index in [1.807, 2.05) is 6.92 Å². The Kier molecular flexibility index (Phi) is 7.02. The Hall–Kier alpha value is -1.54. The number of nitrogens with one attached hydrogen (secondary N) is 2. The first-order valence-electron chi connectivity index (χ1n) is 4.91. The monoisotopic (exact) mass is 211 g/mol. The minimum absolute atomic E-state index is 0.0177. The van der Waals surface area contributed by atoms with Crippen LogP contribution in [0, 0.1) is 11.3 Å². The molecule has 0 saturated carbocycles. The first-order chi connectivity index (χ1) is 7.11. The van der Waals surface area contributed by atoms with Crippen molar-refractivity contribution >= 4 is 5.91 Å². The molecule has 0 bridgehead atoms. The third-order valence-corrected chi connectivity index (χ3v) is 1.56. The van der Waals surface area contributed by atoms with Crippen molar-refractivity contribution in [3.05, 3.63) is 11.8 Å². The Bertz CT molecular complexity index is 266. The van der Waals surface area contributed by atoms with E-state index in [4.69, 9.17) is 10.4 Å². The number of nitriles is 1. The summed E-state index contributed by atoms with van der Waals surface area (Å²) in [4.78, 5) is 11.3. The summed E-state index contributed by atoms with van der Waals surface area (Å²) in [6.45, 7) is 4.41. The van der Waals surface area contributed by atoms with Crippen molar-refractivity contribution in [2.24, 2.45) is 0 Å². The molecule has 0 radical (unpaired) electrons. The number of hydrogen-bond acceptors (Lipinski definition) is 4. The Morgan fingerprint density at radius 2 is 2.33 bits per heavy atom. The number of carbonyl (C=O) groups excluding carboxylic acids is 1. The fourth-order valence-electron chi connectivity index (χ4n) is 0.814. The van der Waals surface area contributed by atoms with Crippen LogP contribution in [-0.4, -0.2) is 30.2 Å². The maximum absolute atomic E-state index is 11.3. The number of rotatable bonds is 6. The van der Waals surface area contributed by atoms with Gasteiger partial charge >= 0.3 is 0 Å². The van der Waals surface area contributed by atoms with Crippen LogP contribution in [0.3, 0.4) is 0 Å². The molecule has 0 aromatic carbocycles. The van der Waals surface area contributed by atoms with Gasteiger partial charge in [0.1, 0.15) is 11.6 Å². The fraction of sp³-hybridized carbons (Fsp3) is 0.600. The summed E-state index contributed by atoms with van der Waals surface area (Å²) in [5.41, 5.74) is 0.0177. The van der Waals surface area contributed by atoms with Crippen molar-refractivity contribution in [2.75, 3.05) is 13.1 Å². The summed E-state index contributed by atoms with van der Waals surface area (Å²) >= 11 is 0. The molecule has 0 aromatic rings. The second kappa shape index (κ2) is 7.83.